The SMILES string of the molecule is CN(CCNC(=O)N[C@H](c1nccs1)C1CC1)C1CC1. The van der Waals surface area contributed by atoms with Gasteiger partial charge in [0, 0.05) is 30.7 Å². The van der Waals surface area contributed by atoms with Crippen molar-refractivity contribution in [1.82, 2.24) is 20.5 Å². The van der Waals surface area contributed by atoms with E-state index >= 15 is 0 Å². The molecular weight excluding hydrogens is 272 g/mol. The number of aromatic nitrogens is 1. The van der Waals surface area contributed by atoms with Gasteiger partial charge >= 0.3 is 6.03 Å². The Hall–Kier alpha value is -1.14. The Morgan fingerprint density at radius 2 is 2.30 bits per heavy atom. The van der Waals surface area contributed by atoms with Gasteiger partial charge < -0.3 is 15.5 Å². The number of rotatable bonds is 7. The van der Waals surface area contributed by atoms with E-state index in [0.29, 0.717) is 12.5 Å². The molecule has 3 rings (SSSR count). The van der Waals surface area contributed by atoms with Crippen LogP contribution in [0.1, 0.15) is 36.7 Å². The van der Waals surface area contributed by atoms with Crippen molar-refractivity contribution in [3.8, 4) is 0 Å². The van der Waals surface area contributed by atoms with E-state index in [9.17, 15) is 4.79 Å². The molecular formula is C14H22N4OS. The van der Waals surface area contributed by atoms with E-state index in [2.05, 4.69) is 27.6 Å². The zero-order valence-electron chi connectivity index (χ0n) is 11.8. The summed E-state index contributed by atoms with van der Waals surface area (Å²) in [4.78, 5) is 18.6. The normalized spacial score (nSPS) is 19.9. The summed E-state index contributed by atoms with van der Waals surface area (Å²) in [6.45, 7) is 1.62. The van der Waals surface area contributed by atoms with Gasteiger partial charge in [0.25, 0.3) is 0 Å². The minimum absolute atomic E-state index is 0.0682. The van der Waals surface area contributed by atoms with E-state index in [0.717, 1.165) is 17.6 Å². The van der Waals surface area contributed by atoms with Gasteiger partial charge in [-0.3, -0.25) is 0 Å². The maximum absolute atomic E-state index is 12.0. The van der Waals surface area contributed by atoms with Crippen LogP contribution in [0.15, 0.2) is 11.6 Å². The Morgan fingerprint density at radius 3 is 2.90 bits per heavy atom. The van der Waals surface area contributed by atoms with Gasteiger partial charge in [-0.05, 0) is 38.6 Å². The second-order valence-corrected chi connectivity index (χ2v) is 6.72. The molecule has 2 aliphatic rings. The number of thiazole rings is 1. The van der Waals surface area contributed by atoms with E-state index < -0.39 is 0 Å². The van der Waals surface area contributed by atoms with Crippen LogP contribution in [0.4, 0.5) is 4.79 Å². The van der Waals surface area contributed by atoms with Gasteiger partial charge in [-0.15, -0.1) is 11.3 Å². The highest BCUT2D eigenvalue weighted by Gasteiger charge is 2.35. The Bertz CT molecular complexity index is 442. The largest absolute Gasteiger partial charge is 0.337 e. The molecule has 0 aromatic carbocycles. The summed E-state index contributed by atoms with van der Waals surface area (Å²) >= 11 is 1.62. The number of amides is 2. The Kier molecular flexibility index (Phi) is 4.21. The van der Waals surface area contributed by atoms with E-state index in [1.807, 2.05) is 5.38 Å². The van der Waals surface area contributed by atoms with Crippen LogP contribution in [0.5, 0.6) is 0 Å². The zero-order chi connectivity index (χ0) is 13.9. The van der Waals surface area contributed by atoms with Gasteiger partial charge in [-0.2, -0.15) is 0 Å². The molecule has 0 bridgehead atoms. The Morgan fingerprint density at radius 1 is 1.50 bits per heavy atom. The first-order valence-electron chi connectivity index (χ1n) is 7.38. The van der Waals surface area contributed by atoms with E-state index in [1.165, 1.54) is 25.7 Å². The van der Waals surface area contributed by atoms with Crippen LogP contribution >= 0.6 is 11.3 Å². The topological polar surface area (TPSA) is 57.3 Å². The van der Waals surface area contributed by atoms with Crippen LogP contribution in [-0.2, 0) is 0 Å². The number of nitrogens with zero attached hydrogens (tertiary/aromatic N) is 2. The summed E-state index contributed by atoms with van der Waals surface area (Å²) in [5.74, 6) is 0.570. The second-order valence-electron chi connectivity index (χ2n) is 5.80. The van der Waals surface area contributed by atoms with E-state index in [4.69, 9.17) is 0 Å². The number of urea groups is 1. The average molecular weight is 294 g/mol. The van der Waals surface area contributed by atoms with Crippen molar-refractivity contribution in [2.24, 2.45) is 5.92 Å². The highest BCUT2D eigenvalue weighted by molar-refractivity contribution is 7.09. The summed E-state index contributed by atoms with van der Waals surface area (Å²) in [7, 11) is 2.12. The van der Waals surface area contributed by atoms with Crippen molar-refractivity contribution in [3.05, 3.63) is 16.6 Å². The van der Waals surface area contributed by atoms with Crippen molar-refractivity contribution < 1.29 is 4.79 Å². The van der Waals surface area contributed by atoms with Crippen molar-refractivity contribution in [3.63, 3.8) is 0 Å². The number of carbonyl (C=O) groups is 1. The minimum Gasteiger partial charge on any atom is -0.337 e. The van der Waals surface area contributed by atoms with Crippen LogP contribution in [-0.4, -0.2) is 42.1 Å². The first-order valence-corrected chi connectivity index (χ1v) is 8.26. The van der Waals surface area contributed by atoms with Crippen molar-refractivity contribution in [2.75, 3.05) is 20.1 Å². The molecule has 2 aliphatic carbocycles. The van der Waals surface area contributed by atoms with Crippen molar-refractivity contribution in [1.29, 1.82) is 0 Å². The third-order valence-electron chi connectivity index (χ3n) is 4.02. The average Bonchev–Trinajstić information content (AvgIpc) is 3.34. The highest BCUT2D eigenvalue weighted by atomic mass is 32.1. The lowest BCUT2D eigenvalue weighted by Gasteiger charge is -2.18. The molecule has 1 aromatic heterocycles. The van der Waals surface area contributed by atoms with Crippen LogP contribution in [0.2, 0.25) is 0 Å². The lowest BCUT2D eigenvalue weighted by atomic mass is 10.2. The van der Waals surface area contributed by atoms with Crippen molar-refractivity contribution >= 4 is 17.4 Å². The molecule has 20 heavy (non-hydrogen) atoms. The zero-order valence-corrected chi connectivity index (χ0v) is 12.7. The molecule has 0 spiro atoms. The van der Waals surface area contributed by atoms with E-state index in [1.54, 1.807) is 17.5 Å². The van der Waals surface area contributed by atoms with Gasteiger partial charge in [0.05, 0.1) is 6.04 Å². The van der Waals surface area contributed by atoms with Crippen LogP contribution in [0.25, 0.3) is 0 Å². The van der Waals surface area contributed by atoms with Gasteiger partial charge in [0.1, 0.15) is 5.01 Å². The fraction of sp³-hybridized carbons (Fsp3) is 0.714. The number of hydrogen-bond acceptors (Lipinski definition) is 4. The standard InChI is InChI=1S/C14H22N4OS/c1-18(11-4-5-11)8-6-16-14(19)17-12(10-2-3-10)13-15-7-9-20-13/h7,9-12H,2-6,8H2,1H3,(H2,16,17,19)/t12-/m0/s1. The summed E-state index contributed by atoms with van der Waals surface area (Å²) in [5, 5.41) is 9.03. The summed E-state index contributed by atoms with van der Waals surface area (Å²) < 4.78 is 0. The molecule has 2 fully saturated rings. The predicted octanol–water partition coefficient (Wildman–Crippen LogP) is 1.99. The summed E-state index contributed by atoms with van der Waals surface area (Å²) in [5.41, 5.74) is 0. The fourth-order valence-corrected chi connectivity index (χ4v) is 3.22. The lowest BCUT2D eigenvalue weighted by Crippen LogP contribution is -2.42. The number of carbonyl (C=O) groups excluding carboxylic acids is 1. The molecule has 110 valence electrons. The molecule has 1 heterocycles. The second kappa shape index (κ2) is 6.10. The Balaban J connectivity index is 1.42. The van der Waals surface area contributed by atoms with Gasteiger partial charge in [0.15, 0.2) is 0 Å². The molecule has 0 aliphatic heterocycles. The van der Waals surface area contributed by atoms with Gasteiger partial charge in [-0.25, -0.2) is 9.78 Å². The monoisotopic (exact) mass is 294 g/mol. The molecule has 0 radical (unpaired) electrons. The van der Waals surface area contributed by atoms with E-state index in [-0.39, 0.29) is 12.1 Å². The third-order valence-corrected chi connectivity index (χ3v) is 4.88. The molecule has 0 saturated heterocycles. The lowest BCUT2D eigenvalue weighted by molar-refractivity contribution is 0.232. The molecule has 2 saturated carbocycles. The Labute approximate surface area is 123 Å². The maximum Gasteiger partial charge on any atom is 0.315 e. The fourth-order valence-electron chi connectivity index (χ4n) is 2.43. The first kappa shape index (κ1) is 13.8. The quantitative estimate of drug-likeness (QED) is 0.808. The number of likely N-dealkylation sites (N-methyl/N-ethyl adjacent to an activating group) is 1. The summed E-state index contributed by atoms with van der Waals surface area (Å²) in [6.07, 6.45) is 6.79. The van der Waals surface area contributed by atoms with Gasteiger partial charge in [0.2, 0.25) is 0 Å². The summed E-state index contributed by atoms with van der Waals surface area (Å²) in [6, 6.07) is 0.770. The third kappa shape index (κ3) is 3.70. The molecule has 0 unspecified atom stereocenters. The minimum atomic E-state index is -0.0682. The molecule has 2 amide bonds. The predicted molar refractivity (Wildman–Crippen MR) is 79.8 cm³/mol. The molecule has 1 atom stereocenters. The highest BCUT2D eigenvalue weighted by Crippen LogP contribution is 2.41. The van der Waals surface area contributed by atoms with Gasteiger partial charge in [-0.1, -0.05) is 0 Å². The number of nitrogens with one attached hydrogen (secondary N) is 2. The van der Waals surface area contributed by atoms with Crippen LogP contribution in [0, 0.1) is 5.92 Å². The smallest absolute Gasteiger partial charge is 0.315 e. The molecule has 6 heteroatoms. The molecule has 5 nitrogen and oxygen atoms in total. The van der Waals surface area contributed by atoms with Crippen LogP contribution < -0.4 is 10.6 Å². The van der Waals surface area contributed by atoms with Crippen LogP contribution in [0.3, 0.4) is 0 Å². The first-order chi connectivity index (χ1) is 9.74. The number of hydrogen-bond donors (Lipinski definition) is 2. The molecule has 1 aromatic rings. The molecule has 2 N–H and O–H groups in total. The maximum atomic E-state index is 12.0. The van der Waals surface area contributed by atoms with Crippen molar-refractivity contribution in [2.45, 2.75) is 37.8 Å².